The van der Waals surface area contributed by atoms with Crippen molar-refractivity contribution in [3.05, 3.63) is 58.4 Å². The van der Waals surface area contributed by atoms with E-state index in [1.807, 2.05) is 16.7 Å². The second-order valence-electron chi connectivity index (χ2n) is 6.18. The first-order chi connectivity index (χ1) is 13.4. The van der Waals surface area contributed by atoms with Crippen LogP contribution in [0.25, 0.3) is 10.2 Å². The molecule has 28 heavy (non-hydrogen) atoms. The summed E-state index contributed by atoms with van der Waals surface area (Å²) < 4.78 is 27.0. The summed E-state index contributed by atoms with van der Waals surface area (Å²) >= 11 is 1.39. The molecule has 0 bridgehead atoms. The van der Waals surface area contributed by atoms with Crippen LogP contribution in [0.1, 0.15) is 29.8 Å². The van der Waals surface area contributed by atoms with Crippen LogP contribution in [0.5, 0.6) is 0 Å². The smallest absolute Gasteiger partial charge is 0.279 e. The number of aromatic nitrogens is 1. The molecule has 0 saturated heterocycles. The summed E-state index contributed by atoms with van der Waals surface area (Å²) in [5, 5.41) is 0. The molecule has 7 heteroatoms. The first kappa shape index (κ1) is 20.1. The van der Waals surface area contributed by atoms with Gasteiger partial charge in [0.05, 0.1) is 27.4 Å². The fraction of sp³-hybridized carbons (Fsp3) is 0.238. The highest BCUT2D eigenvalue weighted by Gasteiger charge is 2.15. The van der Waals surface area contributed by atoms with E-state index in [1.54, 1.807) is 19.1 Å². The molecule has 144 valence electrons. The Kier molecular flexibility index (Phi) is 5.82. The number of carbonyl (C=O) groups is 1. The van der Waals surface area contributed by atoms with E-state index in [0.29, 0.717) is 11.3 Å². The normalized spacial score (nSPS) is 12.2. The van der Waals surface area contributed by atoms with Crippen molar-refractivity contribution < 1.29 is 13.2 Å². The van der Waals surface area contributed by atoms with Gasteiger partial charge in [-0.3, -0.25) is 4.79 Å². The van der Waals surface area contributed by atoms with E-state index in [0.717, 1.165) is 16.6 Å². The van der Waals surface area contributed by atoms with Crippen molar-refractivity contribution in [3.63, 3.8) is 0 Å². The van der Waals surface area contributed by atoms with Crippen LogP contribution < -0.4 is 4.80 Å². The molecular formula is C21H20N2O3S2. The number of hydrogen-bond donors (Lipinski definition) is 0. The Morgan fingerprint density at radius 3 is 2.68 bits per heavy atom. The summed E-state index contributed by atoms with van der Waals surface area (Å²) in [4.78, 5) is 17.6. The van der Waals surface area contributed by atoms with E-state index in [2.05, 4.69) is 23.9 Å². The molecule has 0 unspecified atom stereocenters. The van der Waals surface area contributed by atoms with Gasteiger partial charge in [-0.1, -0.05) is 43.2 Å². The average Bonchev–Trinajstić information content (AvgIpc) is 3.04. The van der Waals surface area contributed by atoms with Gasteiger partial charge in [-0.2, -0.15) is 4.99 Å². The lowest BCUT2D eigenvalue weighted by Crippen LogP contribution is -2.16. The molecule has 0 aliphatic heterocycles. The first-order valence-electron chi connectivity index (χ1n) is 8.87. The van der Waals surface area contributed by atoms with Crippen molar-refractivity contribution in [3.8, 4) is 12.3 Å². The Hall–Kier alpha value is -2.69. The predicted octanol–water partition coefficient (Wildman–Crippen LogP) is 3.43. The minimum absolute atomic E-state index is 0.0277. The SMILES string of the molecule is C#CCn1c(=NC(=O)c2cccc(S(=O)(=O)CC)c2)sc2cc(CC)ccc21. The minimum Gasteiger partial charge on any atom is -0.305 e. The summed E-state index contributed by atoms with van der Waals surface area (Å²) in [6.07, 6.45) is 6.41. The van der Waals surface area contributed by atoms with Crippen molar-refractivity contribution in [2.24, 2.45) is 4.99 Å². The molecule has 0 fully saturated rings. The molecule has 0 aliphatic carbocycles. The zero-order valence-corrected chi connectivity index (χ0v) is 17.3. The van der Waals surface area contributed by atoms with Crippen LogP contribution in [0.2, 0.25) is 0 Å². The standard InChI is InChI=1S/C21H20N2O3S2/c1-4-12-23-18-11-10-15(5-2)13-19(18)27-21(23)22-20(24)16-8-7-9-17(14-16)28(25,26)6-3/h1,7-11,13-14H,5-6,12H2,2-3H3. The molecule has 0 saturated carbocycles. The highest BCUT2D eigenvalue weighted by Crippen LogP contribution is 2.20. The fourth-order valence-corrected chi connectivity index (χ4v) is 4.82. The number of rotatable bonds is 5. The second kappa shape index (κ2) is 8.13. The monoisotopic (exact) mass is 412 g/mol. The maximum atomic E-state index is 12.7. The molecule has 2 aromatic carbocycles. The minimum atomic E-state index is -3.40. The van der Waals surface area contributed by atoms with Gasteiger partial charge in [0, 0.05) is 5.56 Å². The van der Waals surface area contributed by atoms with Gasteiger partial charge in [-0.05, 0) is 42.3 Å². The number of benzene rings is 2. The van der Waals surface area contributed by atoms with Crippen molar-refractivity contribution in [1.82, 2.24) is 4.57 Å². The number of terminal acetylenes is 1. The molecule has 0 radical (unpaired) electrons. The summed E-state index contributed by atoms with van der Waals surface area (Å²) in [5.74, 6) is 2.07. The van der Waals surface area contributed by atoms with Crippen LogP contribution in [0.4, 0.5) is 0 Å². The van der Waals surface area contributed by atoms with Crippen LogP contribution in [0.15, 0.2) is 52.4 Å². The quantitative estimate of drug-likeness (QED) is 0.603. The summed E-state index contributed by atoms with van der Waals surface area (Å²) in [7, 11) is -3.40. The van der Waals surface area contributed by atoms with Crippen LogP contribution >= 0.6 is 11.3 Å². The molecule has 1 amide bonds. The summed E-state index contributed by atoms with van der Waals surface area (Å²) in [6.45, 7) is 3.94. The van der Waals surface area contributed by atoms with Gasteiger partial charge in [0.25, 0.3) is 5.91 Å². The van der Waals surface area contributed by atoms with Gasteiger partial charge in [-0.25, -0.2) is 8.42 Å². The molecule has 0 aliphatic rings. The van der Waals surface area contributed by atoms with Crippen LogP contribution in [0, 0.1) is 12.3 Å². The molecule has 1 heterocycles. The van der Waals surface area contributed by atoms with Crippen molar-refractivity contribution in [1.29, 1.82) is 0 Å². The van der Waals surface area contributed by atoms with E-state index < -0.39 is 15.7 Å². The van der Waals surface area contributed by atoms with E-state index in [9.17, 15) is 13.2 Å². The first-order valence-corrected chi connectivity index (χ1v) is 11.3. The summed E-state index contributed by atoms with van der Waals surface area (Å²) in [5.41, 5.74) is 2.35. The third-order valence-electron chi connectivity index (χ3n) is 4.42. The number of fused-ring (bicyclic) bond motifs is 1. The third kappa shape index (κ3) is 3.93. The molecule has 3 rings (SSSR count). The van der Waals surface area contributed by atoms with Gasteiger partial charge in [0.1, 0.15) is 0 Å². The van der Waals surface area contributed by atoms with E-state index in [1.165, 1.54) is 29.0 Å². The maximum Gasteiger partial charge on any atom is 0.279 e. The molecule has 1 aromatic heterocycles. The fourth-order valence-electron chi connectivity index (χ4n) is 2.81. The number of nitrogens with zero attached hydrogens (tertiary/aromatic N) is 2. The number of thiazole rings is 1. The predicted molar refractivity (Wildman–Crippen MR) is 112 cm³/mol. The zero-order valence-electron chi connectivity index (χ0n) is 15.7. The highest BCUT2D eigenvalue weighted by atomic mass is 32.2. The molecule has 0 atom stereocenters. The molecule has 5 nitrogen and oxygen atoms in total. The Morgan fingerprint density at radius 1 is 1.21 bits per heavy atom. The van der Waals surface area contributed by atoms with E-state index >= 15 is 0 Å². The topological polar surface area (TPSA) is 68.5 Å². The maximum absolute atomic E-state index is 12.7. The molecule has 0 spiro atoms. The second-order valence-corrected chi connectivity index (χ2v) is 9.47. The van der Waals surface area contributed by atoms with Gasteiger partial charge in [0.15, 0.2) is 14.6 Å². The van der Waals surface area contributed by atoms with Crippen LogP contribution in [-0.2, 0) is 22.8 Å². The van der Waals surface area contributed by atoms with Gasteiger partial charge in [-0.15, -0.1) is 6.42 Å². The van der Waals surface area contributed by atoms with Crippen molar-refractivity contribution >= 4 is 37.3 Å². The Morgan fingerprint density at radius 2 is 2.00 bits per heavy atom. The Bertz CT molecular complexity index is 1260. The lowest BCUT2D eigenvalue weighted by molar-refractivity contribution is 0.0997. The van der Waals surface area contributed by atoms with Gasteiger partial charge in [0.2, 0.25) is 0 Å². The summed E-state index contributed by atoms with van der Waals surface area (Å²) in [6, 6.07) is 12.1. The Balaban J connectivity index is 2.12. The number of amides is 1. The van der Waals surface area contributed by atoms with Gasteiger partial charge < -0.3 is 4.57 Å². The van der Waals surface area contributed by atoms with E-state index in [4.69, 9.17) is 6.42 Å². The third-order valence-corrected chi connectivity index (χ3v) is 7.20. The molecule has 3 aromatic rings. The Labute approximate surface area is 168 Å². The largest absolute Gasteiger partial charge is 0.305 e. The van der Waals surface area contributed by atoms with Gasteiger partial charge >= 0.3 is 0 Å². The lowest BCUT2D eigenvalue weighted by Gasteiger charge is -2.03. The highest BCUT2D eigenvalue weighted by molar-refractivity contribution is 7.91. The van der Waals surface area contributed by atoms with Crippen molar-refractivity contribution in [2.45, 2.75) is 31.7 Å². The number of hydrogen-bond acceptors (Lipinski definition) is 4. The number of aryl methyl sites for hydroxylation is 1. The van der Waals surface area contributed by atoms with Crippen molar-refractivity contribution in [2.75, 3.05) is 5.75 Å². The van der Waals surface area contributed by atoms with Crippen LogP contribution in [-0.4, -0.2) is 24.6 Å². The van der Waals surface area contributed by atoms with E-state index in [-0.39, 0.29) is 16.2 Å². The van der Waals surface area contributed by atoms with Crippen LogP contribution in [0.3, 0.4) is 0 Å². The molecular weight excluding hydrogens is 392 g/mol. The molecule has 0 N–H and O–H groups in total. The zero-order chi connectivity index (χ0) is 20.3. The number of carbonyl (C=O) groups excluding carboxylic acids is 1. The lowest BCUT2D eigenvalue weighted by atomic mass is 10.2. The average molecular weight is 413 g/mol. The number of sulfone groups is 1.